The highest BCUT2D eigenvalue weighted by molar-refractivity contribution is 6.00. The average Bonchev–Trinajstić information content (AvgIpc) is 3.03. The maximum absolute atomic E-state index is 12.2. The normalized spacial score (nSPS) is 12.4. The highest BCUT2D eigenvalue weighted by Gasteiger charge is 2.19. The Bertz CT molecular complexity index is 666. The standard InChI is InChI=1S/C13H14N4O3/c1-7-8(5-16-17-7)4-15-13(18)9-2-11-12(3-10(9)14)20-6-19-11/h2-3,5H,4,6,14H2,1H3,(H,15,18)(H,16,17). The topological polar surface area (TPSA) is 102 Å². The van der Waals surface area contributed by atoms with E-state index in [1.807, 2.05) is 6.92 Å². The van der Waals surface area contributed by atoms with E-state index in [0.29, 0.717) is 29.3 Å². The molecule has 0 spiro atoms. The van der Waals surface area contributed by atoms with E-state index in [2.05, 4.69) is 15.5 Å². The molecule has 20 heavy (non-hydrogen) atoms. The Kier molecular flexibility index (Phi) is 2.94. The first-order chi connectivity index (χ1) is 9.65. The largest absolute Gasteiger partial charge is 0.454 e. The Morgan fingerprint density at radius 1 is 1.45 bits per heavy atom. The van der Waals surface area contributed by atoms with Crippen LogP contribution in [0.1, 0.15) is 21.6 Å². The zero-order valence-electron chi connectivity index (χ0n) is 10.9. The molecule has 0 fully saturated rings. The molecule has 0 bridgehead atoms. The van der Waals surface area contributed by atoms with Crippen LogP contribution in [0, 0.1) is 6.92 Å². The van der Waals surface area contributed by atoms with Gasteiger partial charge < -0.3 is 20.5 Å². The second kappa shape index (κ2) is 4.76. The van der Waals surface area contributed by atoms with Crippen LogP contribution in [-0.4, -0.2) is 22.9 Å². The van der Waals surface area contributed by atoms with Gasteiger partial charge in [-0.25, -0.2) is 0 Å². The fraction of sp³-hybridized carbons (Fsp3) is 0.231. The molecule has 0 aliphatic carbocycles. The Morgan fingerprint density at radius 2 is 2.20 bits per heavy atom. The van der Waals surface area contributed by atoms with Crippen molar-refractivity contribution in [2.75, 3.05) is 12.5 Å². The molecule has 2 aromatic rings. The highest BCUT2D eigenvalue weighted by Crippen LogP contribution is 2.35. The summed E-state index contributed by atoms with van der Waals surface area (Å²) in [4.78, 5) is 12.2. The average molecular weight is 274 g/mol. The molecule has 0 saturated heterocycles. The number of H-pyrrole nitrogens is 1. The van der Waals surface area contributed by atoms with Crippen molar-refractivity contribution >= 4 is 11.6 Å². The van der Waals surface area contributed by atoms with Gasteiger partial charge in [-0.3, -0.25) is 9.89 Å². The lowest BCUT2D eigenvalue weighted by Gasteiger charge is -2.08. The van der Waals surface area contributed by atoms with E-state index in [1.165, 1.54) is 0 Å². The predicted molar refractivity (Wildman–Crippen MR) is 71.5 cm³/mol. The number of fused-ring (bicyclic) bond motifs is 1. The van der Waals surface area contributed by atoms with Crippen molar-refractivity contribution in [2.24, 2.45) is 0 Å². The number of rotatable bonds is 3. The molecule has 0 radical (unpaired) electrons. The van der Waals surface area contributed by atoms with Crippen LogP contribution in [0.5, 0.6) is 11.5 Å². The maximum atomic E-state index is 12.2. The van der Waals surface area contributed by atoms with Gasteiger partial charge >= 0.3 is 0 Å². The van der Waals surface area contributed by atoms with E-state index in [0.717, 1.165) is 11.3 Å². The minimum atomic E-state index is -0.263. The van der Waals surface area contributed by atoms with Crippen LogP contribution < -0.4 is 20.5 Å². The van der Waals surface area contributed by atoms with Crippen LogP contribution in [0.15, 0.2) is 18.3 Å². The number of anilines is 1. The van der Waals surface area contributed by atoms with Crippen LogP contribution >= 0.6 is 0 Å². The van der Waals surface area contributed by atoms with Gasteiger partial charge in [0.25, 0.3) is 5.91 Å². The number of carbonyl (C=O) groups is 1. The molecule has 3 rings (SSSR count). The summed E-state index contributed by atoms with van der Waals surface area (Å²) in [5.74, 6) is 0.829. The number of aromatic amines is 1. The third-order valence-corrected chi connectivity index (χ3v) is 3.16. The summed E-state index contributed by atoms with van der Waals surface area (Å²) in [5.41, 5.74) is 8.44. The second-order valence-electron chi connectivity index (χ2n) is 4.50. The number of benzene rings is 1. The zero-order chi connectivity index (χ0) is 14.1. The van der Waals surface area contributed by atoms with Crippen molar-refractivity contribution in [3.63, 3.8) is 0 Å². The van der Waals surface area contributed by atoms with E-state index in [-0.39, 0.29) is 12.7 Å². The number of nitrogens with one attached hydrogen (secondary N) is 2. The number of aryl methyl sites for hydroxylation is 1. The Hall–Kier alpha value is -2.70. The third-order valence-electron chi connectivity index (χ3n) is 3.16. The molecule has 1 aromatic carbocycles. The fourth-order valence-corrected chi connectivity index (χ4v) is 1.98. The Morgan fingerprint density at radius 3 is 2.90 bits per heavy atom. The predicted octanol–water partition coefficient (Wildman–Crippen LogP) is 0.959. The third kappa shape index (κ3) is 2.13. The van der Waals surface area contributed by atoms with Gasteiger partial charge in [0.2, 0.25) is 6.79 Å². The quantitative estimate of drug-likeness (QED) is 0.723. The first-order valence-corrected chi connectivity index (χ1v) is 6.11. The highest BCUT2D eigenvalue weighted by atomic mass is 16.7. The molecule has 2 heterocycles. The summed E-state index contributed by atoms with van der Waals surface area (Å²) in [6.07, 6.45) is 1.68. The van der Waals surface area contributed by atoms with E-state index >= 15 is 0 Å². The number of nitrogens with zero attached hydrogens (tertiary/aromatic N) is 1. The van der Waals surface area contributed by atoms with Crippen LogP contribution in [0.2, 0.25) is 0 Å². The molecule has 1 aliphatic rings. The van der Waals surface area contributed by atoms with E-state index in [4.69, 9.17) is 15.2 Å². The van der Waals surface area contributed by atoms with Crippen molar-refractivity contribution < 1.29 is 14.3 Å². The molecule has 7 nitrogen and oxygen atoms in total. The number of nitrogen functional groups attached to an aromatic ring is 1. The zero-order valence-corrected chi connectivity index (χ0v) is 10.9. The van der Waals surface area contributed by atoms with Crippen molar-refractivity contribution in [1.82, 2.24) is 15.5 Å². The molecule has 0 unspecified atom stereocenters. The van der Waals surface area contributed by atoms with Gasteiger partial charge in [0.1, 0.15) is 0 Å². The number of nitrogens with two attached hydrogens (primary N) is 1. The summed E-state index contributed by atoms with van der Waals surface area (Å²) in [6, 6.07) is 3.19. The van der Waals surface area contributed by atoms with Crippen LogP contribution in [0.4, 0.5) is 5.69 Å². The molecule has 1 aromatic heterocycles. The van der Waals surface area contributed by atoms with Crippen LogP contribution in [-0.2, 0) is 6.54 Å². The van der Waals surface area contributed by atoms with Gasteiger partial charge in [-0.15, -0.1) is 0 Å². The van der Waals surface area contributed by atoms with Gasteiger partial charge in [0.05, 0.1) is 11.8 Å². The summed E-state index contributed by atoms with van der Waals surface area (Å²) in [7, 11) is 0. The Balaban J connectivity index is 1.76. The molecule has 0 saturated carbocycles. The second-order valence-corrected chi connectivity index (χ2v) is 4.50. The van der Waals surface area contributed by atoms with Crippen molar-refractivity contribution in [3.8, 4) is 11.5 Å². The molecular formula is C13H14N4O3. The lowest BCUT2D eigenvalue weighted by Crippen LogP contribution is -2.24. The summed E-state index contributed by atoms with van der Waals surface area (Å²) in [6.45, 7) is 2.42. The molecule has 4 N–H and O–H groups in total. The molecular weight excluding hydrogens is 260 g/mol. The van der Waals surface area contributed by atoms with Gasteiger partial charge in [-0.05, 0) is 13.0 Å². The van der Waals surface area contributed by atoms with E-state index in [1.54, 1.807) is 18.3 Å². The number of ether oxygens (including phenoxy) is 2. The van der Waals surface area contributed by atoms with E-state index < -0.39 is 0 Å². The minimum Gasteiger partial charge on any atom is -0.454 e. The lowest BCUT2D eigenvalue weighted by atomic mass is 10.1. The molecule has 0 atom stereocenters. The van der Waals surface area contributed by atoms with Gasteiger partial charge in [-0.2, -0.15) is 5.10 Å². The number of hydrogen-bond acceptors (Lipinski definition) is 5. The van der Waals surface area contributed by atoms with Gasteiger partial charge in [-0.1, -0.05) is 0 Å². The van der Waals surface area contributed by atoms with Crippen LogP contribution in [0.25, 0.3) is 0 Å². The van der Waals surface area contributed by atoms with Crippen LogP contribution in [0.3, 0.4) is 0 Å². The SMILES string of the molecule is Cc1[nH]ncc1CNC(=O)c1cc2c(cc1N)OCO2. The minimum absolute atomic E-state index is 0.147. The smallest absolute Gasteiger partial charge is 0.253 e. The van der Waals surface area contributed by atoms with E-state index in [9.17, 15) is 4.79 Å². The van der Waals surface area contributed by atoms with Gasteiger partial charge in [0.15, 0.2) is 11.5 Å². The molecule has 1 amide bonds. The first kappa shape index (κ1) is 12.3. The molecule has 1 aliphatic heterocycles. The maximum Gasteiger partial charge on any atom is 0.253 e. The van der Waals surface area contributed by atoms with Crippen molar-refractivity contribution in [1.29, 1.82) is 0 Å². The number of amides is 1. The van der Waals surface area contributed by atoms with Gasteiger partial charge in [0, 0.05) is 29.6 Å². The molecule has 7 heteroatoms. The fourth-order valence-electron chi connectivity index (χ4n) is 1.98. The molecule has 104 valence electrons. The summed E-state index contributed by atoms with van der Waals surface area (Å²) in [5, 5.41) is 9.51. The van der Waals surface area contributed by atoms with Crippen molar-refractivity contribution in [3.05, 3.63) is 35.2 Å². The monoisotopic (exact) mass is 274 g/mol. The number of hydrogen-bond donors (Lipinski definition) is 3. The lowest BCUT2D eigenvalue weighted by molar-refractivity contribution is 0.0951. The summed E-state index contributed by atoms with van der Waals surface area (Å²) >= 11 is 0. The Labute approximate surface area is 115 Å². The number of aromatic nitrogens is 2. The van der Waals surface area contributed by atoms with Crippen molar-refractivity contribution in [2.45, 2.75) is 13.5 Å². The first-order valence-electron chi connectivity index (χ1n) is 6.11. The summed E-state index contributed by atoms with van der Waals surface area (Å²) < 4.78 is 10.4. The number of carbonyl (C=O) groups excluding carboxylic acids is 1.